The first-order chi connectivity index (χ1) is 8.67. The Hall–Kier alpha value is -1.59. The average Bonchev–Trinajstić information content (AvgIpc) is 2.37. The van der Waals surface area contributed by atoms with Crippen LogP contribution in [0.2, 0.25) is 0 Å². The van der Waals surface area contributed by atoms with Gasteiger partial charge in [0, 0.05) is 25.3 Å². The highest BCUT2D eigenvalue weighted by Gasteiger charge is 2.08. The molecule has 5 heteroatoms. The zero-order chi connectivity index (χ0) is 13.4. The molecule has 1 aromatic rings. The van der Waals surface area contributed by atoms with E-state index in [1.165, 1.54) is 0 Å². The van der Waals surface area contributed by atoms with Gasteiger partial charge < -0.3 is 20.5 Å². The molecule has 0 aliphatic heterocycles. The summed E-state index contributed by atoms with van der Waals surface area (Å²) in [5.41, 5.74) is 6.46. The smallest absolute Gasteiger partial charge is 0.258 e. The van der Waals surface area contributed by atoms with Crippen molar-refractivity contribution in [3.63, 3.8) is 0 Å². The van der Waals surface area contributed by atoms with Gasteiger partial charge in [-0.2, -0.15) is 0 Å². The fourth-order valence-electron chi connectivity index (χ4n) is 1.56. The van der Waals surface area contributed by atoms with Gasteiger partial charge in [-0.05, 0) is 13.0 Å². The average molecular weight is 252 g/mol. The molecule has 0 heterocycles. The molecule has 0 spiro atoms. The summed E-state index contributed by atoms with van der Waals surface area (Å²) in [4.78, 5) is 11.6. The van der Waals surface area contributed by atoms with Gasteiger partial charge in [-0.3, -0.25) is 4.79 Å². The predicted molar refractivity (Wildman–Crippen MR) is 69.3 cm³/mol. The summed E-state index contributed by atoms with van der Waals surface area (Å²) >= 11 is 0. The molecule has 0 fully saturated rings. The van der Waals surface area contributed by atoms with Gasteiger partial charge in [-0.1, -0.05) is 18.2 Å². The molecule has 0 saturated heterocycles. The maximum atomic E-state index is 11.6. The quantitative estimate of drug-likeness (QED) is 0.748. The summed E-state index contributed by atoms with van der Waals surface area (Å²) in [5, 5.41) is 2.77. The van der Waals surface area contributed by atoms with E-state index in [0.29, 0.717) is 18.9 Å². The summed E-state index contributed by atoms with van der Waals surface area (Å²) in [7, 11) is 1.59. The summed E-state index contributed by atoms with van der Waals surface area (Å²) in [6, 6.07) is 7.38. The maximum Gasteiger partial charge on any atom is 0.258 e. The molecule has 1 amide bonds. The van der Waals surface area contributed by atoms with E-state index in [-0.39, 0.29) is 18.6 Å². The molecule has 0 saturated carbocycles. The number of hydrogen-bond donors (Lipinski definition) is 2. The van der Waals surface area contributed by atoms with Gasteiger partial charge in [-0.15, -0.1) is 0 Å². The Bertz CT molecular complexity index is 382. The third-order valence-electron chi connectivity index (χ3n) is 2.38. The second-order valence-corrected chi connectivity index (χ2v) is 4.02. The first-order valence-corrected chi connectivity index (χ1v) is 5.86. The van der Waals surface area contributed by atoms with Crippen LogP contribution in [-0.4, -0.2) is 32.3 Å². The predicted octanol–water partition coefficient (Wildman–Crippen LogP) is 0.675. The number of ether oxygens (including phenoxy) is 2. The van der Waals surface area contributed by atoms with Gasteiger partial charge in [0.05, 0.1) is 6.61 Å². The fourth-order valence-corrected chi connectivity index (χ4v) is 1.56. The molecule has 3 N–H and O–H groups in total. The van der Waals surface area contributed by atoms with E-state index in [2.05, 4.69) is 5.32 Å². The Morgan fingerprint density at radius 2 is 2.17 bits per heavy atom. The van der Waals surface area contributed by atoms with Gasteiger partial charge in [0.2, 0.25) is 0 Å². The largest absolute Gasteiger partial charge is 0.483 e. The molecule has 0 aliphatic rings. The molecule has 0 aliphatic carbocycles. The molecule has 100 valence electrons. The van der Waals surface area contributed by atoms with E-state index < -0.39 is 0 Å². The van der Waals surface area contributed by atoms with Crippen molar-refractivity contribution in [2.24, 2.45) is 5.73 Å². The first kappa shape index (κ1) is 14.5. The normalized spacial score (nSPS) is 11.9. The van der Waals surface area contributed by atoms with Crippen molar-refractivity contribution < 1.29 is 14.3 Å². The summed E-state index contributed by atoms with van der Waals surface area (Å²) < 4.78 is 10.4. The van der Waals surface area contributed by atoms with Crippen LogP contribution in [-0.2, 0) is 16.1 Å². The minimum absolute atomic E-state index is 0.0228. The lowest BCUT2D eigenvalue weighted by molar-refractivity contribution is -0.124. The third kappa shape index (κ3) is 4.73. The number of carbonyl (C=O) groups excluding carboxylic acids is 1. The van der Waals surface area contributed by atoms with E-state index in [9.17, 15) is 4.79 Å². The van der Waals surface area contributed by atoms with Crippen LogP contribution in [0.3, 0.4) is 0 Å². The summed E-state index contributed by atoms with van der Waals surface area (Å²) in [6.07, 6.45) is 0. The van der Waals surface area contributed by atoms with Gasteiger partial charge in [0.1, 0.15) is 5.75 Å². The van der Waals surface area contributed by atoms with Crippen molar-refractivity contribution in [2.45, 2.75) is 19.5 Å². The van der Waals surface area contributed by atoms with Crippen LogP contribution in [0.15, 0.2) is 24.3 Å². The van der Waals surface area contributed by atoms with Crippen molar-refractivity contribution in [2.75, 3.05) is 20.3 Å². The van der Waals surface area contributed by atoms with Crippen molar-refractivity contribution in [3.05, 3.63) is 29.8 Å². The highest BCUT2D eigenvalue weighted by Crippen LogP contribution is 2.16. The van der Waals surface area contributed by atoms with E-state index in [1.807, 2.05) is 25.1 Å². The lowest BCUT2D eigenvalue weighted by atomic mass is 10.2. The van der Waals surface area contributed by atoms with Crippen LogP contribution in [0.5, 0.6) is 5.75 Å². The summed E-state index contributed by atoms with van der Waals surface area (Å²) in [5.74, 6) is 0.473. The highest BCUT2D eigenvalue weighted by atomic mass is 16.5. The molecular weight excluding hydrogens is 232 g/mol. The third-order valence-corrected chi connectivity index (χ3v) is 2.38. The minimum Gasteiger partial charge on any atom is -0.483 e. The second-order valence-electron chi connectivity index (χ2n) is 4.02. The van der Waals surface area contributed by atoms with Gasteiger partial charge in [0.15, 0.2) is 6.61 Å². The molecule has 1 unspecified atom stereocenters. The van der Waals surface area contributed by atoms with Crippen molar-refractivity contribution in [1.29, 1.82) is 0 Å². The van der Waals surface area contributed by atoms with Crippen LogP contribution in [0.1, 0.15) is 12.5 Å². The van der Waals surface area contributed by atoms with Crippen molar-refractivity contribution >= 4 is 5.91 Å². The molecule has 1 aromatic carbocycles. The number of nitrogens with two attached hydrogens (primary N) is 1. The number of hydrogen-bond acceptors (Lipinski definition) is 4. The Morgan fingerprint density at radius 1 is 1.44 bits per heavy atom. The number of para-hydroxylation sites is 1. The minimum atomic E-state index is -0.175. The van der Waals surface area contributed by atoms with E-state index in [1.54, 1.807) is 13.2 Å². The Kier molecular flexibility index (Phi) is 6.18. The molecule has 1 atom stereocenters. The molecule has 1 rings (SSSR count). The molecule has 5 nitrogen and oxygen atoms in total. The first-order valence-electron chi connectivity index (χ1n) is 5.86. The SMILES string of the molecule is COCC(C)NC(=O)COc1ccccc1CN. The monoisotopic (exact) mass is 252 g/mol. The number of carbonyl (C=O) groups is 1. The zero-order valence-corrected chi connectivity index (χ0v) is 10.8. The second kappa shape index (κ2) is 7.68. The van der Waals surface area contributed by atoms with Gasteiger partial charge >= 0.3 is 0 Å². The lowest BCUT2D eigenvalue weighted by Crippen LogP contribution is -2.38. The number of amides is 1. The number of benzene rings is 1. The number of nitrogens with one attached hydrogen (secondary N) is 1. The molecular formula is C13H20N2O3. The van der Waals surface area contributed by atoms with E-state index >= 15 is 0 Å². The topological polar surface area (TPSA) is 73.6 Å². The molecule has 0 aromatic heterocycles. The lowest BCUT2D eigenvalue weighted by Gasteiger charge is -2.14. The van der Waals surface area contributed by atoms with Crippen molar-refractivity contribution in [3.8, 4) is 5.75 Å². The Morgan fingerprint density at radius 3 is 2.83 bits per heavy atom. The van der Waals surface area contributed by atoms with Crippen LogP contribution in [0.25, 0.3) is 0 Å². The molecule has 18 heavy (non-hydrogen) atoms. The highest BCUT2D eigenvalue weighted by molar-refractivity contribution is 5.77. The summed E-state index contributed by atoms with van der Waals surface area (Å²) in [6.45, 7) is 2.71. The maximum absolute atomic E-state index is 11.6. The fraction of sp³-hybridized carbons (Fsp3) is 0.462. The number of rotatable bonds is 7. The standard InChI is InChI=1S/C13H20N2O3/c1-10(8-17-2)15-13(16)9-18-12-6-4-3-5-11(12)7-14/h3-6,10H,7-9,14H2,1-2H3,(H,15,16). The van der Waals surface area contributed by atoms with Crippen LogP contribution in [0, 0.1) is 0 Å². The molecule has 0 radical (unpaired) electrons. The number of methoxy groups -OCH3 is 1. The van der Waals surface area contributed by atoms with E-state index in [0.717, 1.165) is 5.56 Å². The van der Waals surface area contributed by atoms with Gasteiger partial charge in [-0.25, -0.2) is 0 Å². The van der Waals surface area contributed by atoms with Crippen LogP contribution < -0.4 is 15.8 Å². The molecule has 0 bridgehead atoms. The Labute approximate surface area is 107 Å². The van der Waals surface area contributed by atoms with Crippen LogP contribution in [0.4, 0.5) is 0 Å². The van der Waals surface area contributed by atoms with E-state index in [4.69, 9.17) is 15.2 Å². The van der Waals surface area contributed by atoms with Crippen LogP contribution >= 0.6 is 0 Å². The Balaban J connectivity index is 2.42. The van der Waals surface area contributed by atoms with Gasteiger partial charge in [0.25, 0.3) is 5.91 Å². The zero-order valence-electron chi connectivity index (χ0n) is 10.8. The van der Waals surface area contributed by atoms with Crippen molar-refractivity contribution in [1.82, 2.24) is 5.32 Å².